The highest BCUT2D eigenvalue weighted by Gasteiger charge is 2.53. The lowest BCUT2D eigenvalue weighted by atomic mass is 9.74. The van der Waals surface area contributed by atoms with Crippen molar-refractivity contribution in [2.24, 2.45) is 0 Å². The van der Waals surface area contributed by atoms with Crippen LogP contribution < -0.4 is 24.8 Å². The van der Waals surface area contributed by atoms with Crippen LogP contribution in [0.5, 0.6) is 0 Å². The van der Waals surface area contributed by atoms with Gasteiger partial charge >= 0.3 is 0 Å². The molecule has 0 radical (unpaired) electrons. The van der Waals surface area contributed by atoms with Crippen LogP contribution in [0.25, 0.3) is 111 Å². The first kappa shape index (κ1) is 77.9. The van der Waals surface area contributed by atoms with Crippen LogP contribution in [0.1, 0.15) is 99.9 Å². The second kappa shape index (κ2) is 29.4. The van der Waals surface area contributed by atoms with Crippen LogP contribution in [0.15, 0.2) is 400 Å². The second-order valence-electron chi connectivity index (χ2n) is 37.9. The van der Waals surface area contributed by atoms with Crippen molar-refractivity contribution in [1.29, 1.82) is 0 Å². The molecule has 0 bridgehead atoms. The normalized spacial score (nSPS) is 14.1. The van der Waals surface area contributed by atoms with Crippen LogP contribution >= 0.6 is 0 Å². The van der Waals surface area contributed by atoms with E-state index in [9.17, 15) is 0 Å². The van der Waals surface area contributed by atoms with Crippen molar-refractivity contribution in [2.45, 2.75) is 96.7 Å². The number of para-hydroxylation sites is 7. The van der Waals surface area contributed by atoms with Gasteiger partial charge in [-0.05, 0) is 215 Å². The smallest absolute Gasteiger partial charge is 0.139 e. The van der Waals surface area contributed by atoms with E-state index in [0.29, 0.717) is 0 Å². The summed E-state index contributed by atoms with van der Waals surface area (Å²) in [5, 5.41) is 5.84. The van der Waals surface area contributed by atoms with Crippen molar-refractivity contribution < 1.29 is 17.7 Å². The summed E-state index contributed by atoms with van der Waals surface area (Å²) in [4.78, 5) is 9.57. The molecule has 9 heteroatoms. The van der Waals surface area contributed by atoms with Gasteiger partial charge in [0.2, 0.25) is 0 Å². The molecule has 4 aliphatic carbocycles. The number of fused-ring (bicyclic) bond motifs is 20. The molecule has 0 atom stereocenters. The highest BCUT2D eigenvalue weighted by Crippen LogP contribution is 2.65. The molecule has 0 spiro atoms. The van der Waals surface area contributed by atoms with Crippen molar-refractivity contribution in [3.8, 4) is 67.5 Å². The summed E-state index contributed by atoms with van der Waals surface area (Å²) in [5.41, 5.74) is 35.0. The Morgan fingerprint density at radius 1 is 0.203 bits per heavy atom. The van der Waals surface area contributed by atoms with Crippen LogP contribution in [0.4, 0.5) is 68.2 Å². The van der Waals surface area contributed by atoms with Gasteiger partial charge in [0.15, 0.2) is 0 Å². The first-order valence-electron chi connectivity index (χ1n) is 44.7. The third-order valence-electron chi connectivity index (χ3n) is 27.8. The topological polar surface area (TPSA) is 65.5 Å². The molecule has 128 heavy (non-hydrogen) atoms. The molecular weight excluding hydrogens is 1580 g/mol. The summed E-state index contributed by atoms with van der Waals surface area (Å²) in [6, 6.07) is 138. The number of nitrogens with zero attached hydrogens (tertiary/aromatic N) is 4. The molecule has 0 saturated carbocycles. The van der Waals surface area contributed by atoms with Crippen LogP contribution in [-0.4, -0.2) is 8.07 Å². The summed E-state index contributed by atoms with van der Waals surface area (Å²) in [5.74, 6) is 3.97. The Bertz CT molecular complexity index is 7480. The molecule has 4 aliphatic rings. The Balaban J connectivity index is 0.000000156. The molecule has 24 rings (SSSR count). The summed E-state index contributed by atoms with van der Waals surface area (Å²) >= 11 is 0. The minimum absolute atomic E-state index is 0.257. The quantitative estimate of drug-likeness (QED) is 0.0941. The molecule has 16 aromatic carbocycles. The first-order valence-corrected chi connectivity index (χ1v) is 48.2. The average molecular weight is 1670 g/mol. The highest BCUT2D eigenvalue weighted by atomic mass is 28.3. The number of rotatable bonds is 15. The molecule has 4 heterocycles. The van der Waals surface area contributed by atoms with Crippen LogP contribution in [0, 0.1) is 0 Å². The third kappa shape index (κ3) is 12.3. The molecule has 0 unspecified atom stereocenters. The maximum absolute atomic E-state index is 7.30. The SMILES string of the molecule is CC1(C)c2cc(N(c3ccc4oc5ccccc5c4c3)c3ccccc3-c3ccccc3)ccc2-c2oc3c(c21)C(C)(C)c1cc(N(c2ccc4oc5ccccc5c4c2)c2ccccc2-c2ccccc2)ccc1-3.CC1(C)c2cc(N(c3ccccc3)c3ccccc3)ccc2-c2oc3c(c21)C(C)(C)c1cc(N(c2ccccc2)c2ccc([Si](C)(C)C)cc2)ccc1-3. The lowest BCUT2D eigenvalue weighted by Gasteiger charge is -2.31. The van der Waals surface area contributed by atoms with Gasteiger partial charge in [0.05, 0.1) is 19.4 Å². The number of hydrogen-bond acceptors (Lipinski definition) is 8. The lowest BCUT2D eigenvalue weighted by molar-refractivity contribution is 0.592. The number of anilines is 12. The van der Waals surface area contributed by atoms with Gasteiger partial charge in [-0.2, -0.15) is 0 Å². The standard InChI is InChI=1S/C70H50N2O3.C49H46N2OSi/c1-69(2)57-41-47(71(59-27-15-11-23-49(59)43-19-7-5-8-20-43)45-33-37-63-55(39-45)51-25-13-17-29-61(51)73-63)31-35-53(57)67-65(69)66-68(75-67)54-36-32-48(42-58(54)70(66,3)4)72(60-28-16-12-24-50(60)44-21-9-6-10-22-44)46-34-38-64-56(40-46)52-26-14-18-30-62(52)74-64;1-48(2)42-31-37(50(33-17-11-8-12-18-33)34-19-13-9-14-20-34)25-29-40(42)46-44(48)45-47(52-46)41-30-26-38(32-43(41)49(45,3)4)51(35-21-15-10-16-22-35)36-23-27-39(28-24-36)53(5,6)7/h5-42H,1-4H3;8-32H,1-7H3. The predicted octanol–water partition coefficient (Wildman–Crippen LogP) is 33.3. The van der Waals surface area contributed by atoms with Gasteiger partial charge in [-0.1, -0.05) is 280 Å². The average Bonchev–Trinajstić information content (AvgIpc) is 1.52. The van der Waals surface area contributed by atoms with Gasteiger partial charge in [0, 0.05) is 156 Å². The molecule has 0 aliphatic heterocycles. The largest absolute Gasteiger partial charge is 0.456 e. The van der Waals surface area contributed by atoms with Gasteiger partial charge in [-0.25, -0.2) is 0 Å². The van der Waals surface area contributed by atoms with Gasteiger partial charge in [0.25, 0.3) is 0 Å². The monoisotopic (exact) mass is 1670 g/mol. The number of furan rings is 4. The molecule has 620 valence electrons. The zero-order chi connectivity index (χ0) is 86.9. The van der Waals surface area contributed by atoms with E-state index in [1.54, 1.807) is 0 Å². The van der Waals surface area contributed by atoms with Crippen molar-refractivity contribution in [3.63, 3.8) is 0 Å². The Labute approximate surface area is 748 Å². The summed E-state index contributed by atoms with van der Waals surface area (Å²) < 4.78 is 27.1. The maximum Gasteiger partial charge on any atom is 0.139 e. The van der Waals surface area contributed by atoms with E-state index in [0.717, 1.165) is 163 Å². The Morgan fingerprint density at radius 3 is 0.797 bits per heavy atom. The van der Waals surface area contributed by atoms with E-state index in [4.69, 9.17) is 17.7 Å². The Hall–Kier alpha value is -14.9. The van der Waals surface area contributed by atoms with E-state index in [2.05, 4.69) is 453 Å². The molecule has 0 fully saturated rings. The Kier molecular flexibility index (Phi) is 17.9. The minimum Gasteiger partial charge on any atom is -0.456 e. The van der Waals surface area contributed by atoms with Gasteiger partial charge in [-0.15, -0.1) is 0 Å². The van der Waals surface area contributed by atoms with E-state index < -0.39 is 18.9 Å². The van der Waals surface area contributed by atoms with Crippen molar-refractivity contribution >= 4 is 125 Å². The Morgan fingerprint density at radius 2 is 0.461 bits per heavy atom. The van der Waals surface area contributed by atoms with E-state index >= 15 is 0 Å². The molecular formula is C119H96N4O4Si. The fourth-order valence-electron chi connectivity index (χ4n) is 21.4. The van der Waals surface area contributed by atoms with Gasteiger partial charge < -0.3 is 37.3 Å². The van der Waals surface area contributed by atoms with Crippen molar-refractivity contribution in [2.75, 3.05) is 19.6 Å². The van der Waals surface area contributed by atoms with Gasteiger partial charge in [0.1, 0.15) is 45.4 Å². The zero-order valence-electron chi connectivity index (χ0n) is 73.8. The number of hydrogen-bond donors (Lipinski definition) is 0. The molecule has 20 aromatic rings. The third-order valence-corrected chi connectivity index (χ3v) is 29.8. The molecule has 0 amide bonds. The van der Waals surface area contributed by atoms with Crippen LogP contribution in [0.3, 0.4) is 0 Å². The fourth-order valence-corrected chi connectivity index (χ4v) is 22.6. The van der Waals surface area contributed by atoms with E-state index in [-0.39, 0.29) is 10.8 Å². The molecule has 4 aromatic heterocycles. The van der Waals surface area contributed by atoms with Crippen LogP contribution in [-0.2, 0) is 21.7 Å². The molecule has 8 nitrogen and oxygen atoms in total. The van der Waals surface area contributed by atoms with Gasteiger partial charge in [-0.3, -0.25) is 0 Å². The van der Waals surface area contributed by atoms with Crippen molar-refractivity contribution in [1.82, 2.24) is 0 Å². The first-order chi connectivity index (χ1) is 62.1. The summed E-state index contributed by atoms with van der Waals surface area (Å²) in [6.45, 7) is 26.2. The fraction of sp³-hybridized carbons (Fsp3) is 0.126. The summed E-state index contributed by atoms with van der Waals surface area (Å²) in [7, 11) is -1.43. The second-order valence-corrected chi connectivity index (χ2v) is 43.0. The summed E-state index contributed by atoms with van der Waals surface area (Å²) in [6.07, 6.45) is 0. The number of benzene rings is 16. The lowest BCUT2D eigenvalue weighted by Crippen LogP contribution is -2.37. The molecule has 0 saturated heterocycles. The van der Waals surface area contributed by atoms with Crippen molar-refractivity contribution in [3.05, 3.63) is 427 Å². The minimum atomic E-state index is -1.43. The highest BCUT2D eigenvalue weighted by molar-refractivity contribution is 6.88. The predicted molar refractivity (Wildman–Crippen MR) is 535 cm³/mol. The van der Waals surface area contributed by atoms with E-state index in [1.165, 1.54) is 66.5 Å². The zero-order valence-corrected chi connectivity index (χ0v) is 74.8. The maximum atomic E-state index is 7.30. The van der Waals surface area contributed by atoms with E-state index in [1.807, 2.05) is 24.3 Å². The van der Waals surface area contributed by atoms with Crippen LogP contribution in [0.2, 0.25) is 19.6 Å². The molecule has 0 N–H and O–H groups in total.